The highest BCUT2D eigenvalue weighted by Gasteiger charge is 2.20. The first-order valence-corrected chi connectivity index (χ1v) is 7.90. The second-order valence-electron chi connectivity index (χ2n) is 5.49. The number of nitrogens with one attached hydrogen (secondary N) is 1. The molecule has 0 saturated heterocycles. The van der Waals surface area contributed by atoms with Gasteiger partial charge in [-0.3, -0.25) is 4.68 Å². The van der Waals surface area contributed by atoms with Gasteiger partial charge < -0.3 is 5.32 Å². The number of aryl methyl sites for hydroxylation is 1. The second kappa shape index (κ2) is 7.68. The summed E-state index contributed by atoms with van der Waals surface area (Å²) in [5, 5.41) is 8.41. The predicted molar refractivity (Wildman–Crippen MR) is 82.5 cm³/mol. The van der Waals surface area contributed by atoms with Gasteiger partial charge in [-0.25, -0.2) is 0 Å². The fraction of sp³-hybridized carbons (Fsp3) is 0.812. The molecule has 1 aromatic rings. The SMILES string of the molecule is CCNC(C)c1c(CC)nn(CC(C)CC)c1CC. The maximum absolute atomic E-state index is 4.87. The van der Waals surface area contributed by atoms with Crippen molar-refractivity contribution in [3.63, 3.8) is 0 Å². The number of hydrogen-bond donors (Lipinski definition) is 1. The average Bonchev–Trinajstić information content (AvgIpc) is 2.76. The molecule has 0 aromatic carbocycles. The van der Waals surface area contributed by atoms with Crippen LogP contribution >= 0.6 is 0 Å². The minimum atomic E-state index is 0.403. The maximum Gasteiger partial charge on any atom is 0.0672 e. The quantitative estimate of drug-likeness (QED) is 0.776. The summed E-state index contributed by atoms with van der Waals surface area (Å²) >= 11 is 0. The largest absolute Gasteiger partial charge is 0.310 e. The zero-order valence-corrected chi connectivity index (χ0v) is 13.6. The zero-order chi connectivity index (χ0) is 14.4. The summed E-state index contributed by atoms with van der Waals surface area (Å²) in [6.07, 6.45) is 3.29. The van der Waals surface area contributed by atoms with E-state index in [1.807, 2.05) is 0 Å². The smallest absolute Gasteiger partial charge is 0.0672 e. The lowest BCUT2D eigenvalue weighted by molar-refractivity contribution is 0.426. The minimum absolute atomic E-state index is 0.403. The molecule has 0 aliphatic heterocycles. The normalized spacial score (nSPS) is 14.6. The van der Waals surface area contributed by atoms with Crippen LogP contribution in [0.4, 0.5) is 0 Å². The Kier molecular flexibility index (Phi) is 6.56. The standard InChI is InChI=1S/C16H31N3/c1-7-12(5)11-19-15(9-3)16(13(6)17-10-4)14(8-2)18-19/h12-13,17H,7-11H2,1-6H3. The summed E-state index contributed by atoms with van der Waals surface area (Å²) in [4.78, 5) is 0. The van der Waals surface area contributed by atoms with E-state index in [0.29, 0.717) is 12.0 Å². The van der Waals surface area contributed by atoms with Crippen molar-refractivity contribution in [1.29, 1.82) is 0 Å². The van der Waals surface area contributed by atoms with Gasteiger partial charge in [-0.2, -0.15) is 5.10 Å². The minimum Gasteiger partial charge on any atom is -0.310 e. The topological polar surface area (TPSA) is 29.9 Å². The highest BCUT2D eigenvalue weighted by molar-refractivity contribution is 5.30. The zero-order valence-electron chi connectivity index (χ0n) is 13.6. The van der Waals surface area contributed by atoms with E-state index in [2.05, 4.69) is 51.5 Å². The molecule has 110 valence electrons. The molecule has 0 spiro atoms. The molecular weight excluding hydrogens is 234 g/mol. The van der Waals surface area contributed by atoms with Gasteiger partial charge in [-0.05, 0) is 32.2 Å². The van der Waals surface area contributed by atoms with Crippen LogP contribution in [0, 0.1) is 5.92 Å². The van der Waals surface area contributed by atoms with Crippen molar-refractivity contribution in [2.75, 3.05) is 6.54 Å². The van der Waals surface area contributed by atoms with Crippen molar-refractivity contribution in [2.45, 2.75) is 73.4 Å². The van der Waals surface area contributed by atoms with Gasteiger partial charge in [0, 0.05) is 23.8 Å². The molecule has 19 heavy (non-hydrogen) atoms. The molecule has 0 aliphatic rings. The molecule has 0 fully saturated rings. The van der Waals surface area contributed by atoms with E-state index >= 15 is 0 Å². The monoisotopic (exact) mass is 265 g/mol. The fourth-order valence-corrected chi connectivity index (χ4v) is 2.68. The molecule has 0 bridgehead atoms. The molecule has 0 saturated carbocycles. The third-order valence-electron chi connectivity index (χ3n) is 3.97. The fourth-order valence-electron chi connectivity index (χ4n) is 2.68. The first-order chi connectivity index (χ1) is 9.08. The lowest BCUT2D eigenvalue weighted by atomic mass is 10.0. The van der Waals surface area contributed by atoms with Gasteiger partial charge in [-0.1, -0.05) is 41.0 Å². The van der Waals surface area contributed by atoms with Gasteiger partial charge in [0.05, 0.1) is 5.69 Å². The van der Waals surface area contributed by atoms with Crippen molar-refractivity contribution >= 4 is 0 Å². The van der Waals surface area contributed by atoms with Gasteiger partial charge in [0.15, 0.2) is 0 Å². The van der Waals surface area contributed by atoms with Crippen LogP contribution in [0.1, 0.15) is 71.0 Å². The molecule has 1 heterocycles. The number of aromatic nitrogens is 2. The summed E-state index contributed by atoms with van der Waals surface area (Å²) in [6.45, 7) is 15.5. The van der Waals surface area contributed by atoms with E-state index in [9.17, 15) is 0 Å². The van der Waals surface area contributed by atoms with Crippen molar-refractivity contribution in [2.24, 2.45) is 5.92 Å². The Morgan fingerprint density at radius 2 is 1.79 bits per heavy atom. The Morgan fingerprint density at radius 1 is 1.11 bits per heavy atom. The first-order valence-electron chi connectivity index (χ1n) is 7.90. The third kappa shape index (κ3) is 3.82. The van der Waals surface area contributed by atoms with Crippen molar-refractivity contribution in [1.82, 2.24) is 15.1 Å². The van der Waals surface area contributed by atoms with Gasteiger partial charge in [0.1, 0.15) is 0 Å². The summed E-state index contributed by atoms with van der Waals surface area (Å²) < 4.78 is 2.26. The van der Waals surface area contributed by atoms with Gasteiger partial charge in [0.2, 0.25) is 0 Å². The van der Waals surface area contributed by atoms with Gasteiger partial charge in [0.25, 0.3) is 0 Å². The Morgan fingerprint density at radius 3 is 2.26 bits per heavy atom. The third-order valence-corrected chi connectivity index (χ3v) is 3.97. The van der Waals surface area contributed by atoms with Crippen LogP contribution in [0.5, 0.6) is 0 Å². The lowest BCUT2D eigenvalue weighted by Crippen LogP contribution is -2.20. The molecule has 3 nitrogen and oxygen atoms in total. The van der Waals surface area contributed by atoms with Crippen molar-refractivity contribution < 1.29 is 0 Å². The predicted octanol–water partition coefficient (Wildman–Crippen LogP) is 3.72. The maximum atomic E-state index is 4.87. The first kappa shape index (κ1) is 16.2. The Labute approximate surface area is 118 Å². The van der Waals surface area contributed by atoms with Crippen LogP contribution in [-0.2, 0) is 19.4 Å². The highest BCUT2D eigenvalue weighted by atomic mass is 15.3. The van der Waals surface area contributed by atoms with Crippen LogP contribution in [-0.4, -0.2) is 16.3 Å². The summed E-state index contributed by atoms with van der Waals surface area (Å²) in [7, 11) is 0. The molecular formula is C16H31N3. The molecule has 3 heteroatoms. The molecule has 1 N–H and O–H groups in total. The van der Waals surface area contributed by atoms with Gasteiger partial charge in [-0.15, -0.1) is 0 Å². The number of hydrogen-bond acceptors (Lipinski definition) is 2. The highest BCUT2D eigenvalue weighted by Crippen LogP contribution is 2.24. The number of rotatable bonds is 8. The molecule has 0 amide bonds. The Hall–Kier alpha value is -0.830. The lowest BCUT2D eigenvalue weighted by Gasteiger charge is -2.16. The summed E-state index contributed by atoms with van der Waals surface area (Å²) in [6, 6.07) is 0.403. The molecule has 2 atom stereocenters. The van der Waals surface area contributed by atoms with Crippen LogP contribution in [0.15, 0.2) is 0 Å². The van der Waals surface area contributed by atoms with Crippen LogP contribution in [0.3, 0.4) is 0 Å². The van der Waals surface area contributed by atoms with Crippen molar-refractivity contribution in [3.05, 3.63) is 17.0 Å². The molecule has 2 unspecified atom stereocenters. The molecule has 1 rings (SSSR count). The van der Waals surface area contributed by atoms with Crippen molar-refractivity contribution in [3.8, 4) is 0 Å². The second-order valence-corrected chi connectivity index (χ2v) is 5.49. The summed E-state index contributed by atoms with van der Waals surface area (Å²) in [5.74, 6) is 0.692. The number of nitrogens with zero attached hydrogens (tertiary/aromatic N) is 2. The van der Waals surface area contributed by atoms with E-state index in [0.717, 1.165) is 25.9 Å². The average molecular weight is 265 g/mol. The van der Waals surface area contributed by atoms with E-state index in [1.54, 1.807) is 0 Å². The molecule has 0 radical (unpaired) electrons. The molecule has 1 aromatic heterocycles. The van der Waals surface area contributed by atoms with E-state index in [4.69, 9.17) is 5.10 Å². The van der Waals surface area contributed by atoms with E-state index in [-0.39, 0.29) is 0 Å². The Bertz CT molecular complexity index is 382. The van der Waals surface area contributed by atoms with Crippen LogP contribution < -0.4 is 5.32 Å². The van der Waals surface area contributed by atoms with Crippen LogP contribution in [0.25, 0.3) is 0 Å². The van der Waals surface area contributed by atoms with E-state index in [1.165, 1.54) is 23.4 Å². The van der Waals surface area contributed by atoms with E-state index < -0.39 is 0 Å². The molecule has 0 aliphatic carbocycles. The van der Waals surface area contributed by atoms with Gasteiger partial charge >= 0.3 is 0 Å². The van der Waals surface area contributed by atoms with Crippen LogP contribution in [0.2, 0.25) is 0 Å². The summed E-state index contributed by atoms with van der Waals surface area (Å²) in [5.41, 5.74) is 4.13. The Balaban J connectivity index is 3.13.